The minimum atomic E-state index is 0.423. The molecule has 1 unspecified atom stereocenters. The molecule has 0 aliphatic rings. The highest BCUT2D eigenvalue weighted by Crippen LogP contribution is 2.23. The van der Waals surface area contributed by atoms with Crippen molar-refractivity contribution in [2.45, 2.75) is 18.1 Å². The van der Waals surface area contributed by atoms with Crippen LogP contribution in [0.2, 0.25) is 0 Å². The summed E-state index contributed by atoms with van der Waals surface area (Å²) in [4.78, 5) is 0. The van der Waals surface area contributed by atoms with Crippen molar-refractivity contribution in [1.82, 2.24) is 5.32 Å². The van der Waals surface area contributed by atoms with Gasteiger partial charge in [0.1, 0.15) is 0 Å². The molecular formula is C18H23NS. The van der Waals surface area contributed by atoms with Crippen LogP contribution in [0.1, 0.15) is 24.0 Å². The van der Waals surface area contributed by atoms with Gasteiger partial charge in [-0.3, -0.25) is 0 Å². The maximum Gasteiger partial charge on any atom is 0.0214 e. The van der Waals surface area contributed by atoms with Crippen LogP contribution < -0.4 is 5.32 Å². The average Bonchev–Trinajstić information content (AvgIpc) is 2.53. The Morgan fingerprint density at radius 1 is 0.850 bits per heavy atom. The summed E-state index contributed by atoms with van der Waals surface area (Å²) in [5.74, 6) is 0.423. The zero-order valence-corrected chi connectivity index (χ0v) is 13.1. The number of nitrogens with one attached hydrogen (secondary N) is 1. The van der Waals surface area contributed by atoms with Crippen LogP contribution in [0.5, 0.6) is 0 Å². The Morgan fingerprint density at radius 3 is 1.80 bits per heavy atom. The summed E-state index contributed by atoms with van der Waals surface area (Å²) < 4.78 is 0. The smallest absolute Gasteiger partial charge is 0.0214 e. The van der Waals surface area contributed by atoms with E-state index in [0.29, 0.717) is 11.2 Å². The predicted octanol–water partition coefficient (Wildman–Crippen LogP) is 4.16. The van der Waals surface area contributed by atoms with Crippen LogP contribution in [0.15, 0.2) is 60.7 Å². The summed E-state index contributed by atoms with van der Waals surface area (Å²) in [5, 5.41) is 4.27. The second-order valence-electron chi connectivity index (χ2n) is 5.08. The molecule has 2 heteroatoms. The fourth-order valence-corrected chi connectivity index (χ4v) is 2.60. The highest BCUT2D eigenvalue weighted by atomic mass is 32.2. The van der Waals surface area contributed by atoms with E-state index in [2.05, 4.69) is 79.2 Å². The minimum Gasteiger partial charge on any atom is -0.315 e. The summed E-state index contributed by atoms with van der Waals surface area (Å²) in [6.07, 6.45) is 2.16. The Hall–Kier alpha value is -1.25. The molecule has 0 spiro atoms. The molecule has 0 saturated heterocycles. The Labute approximate surface area is 126 Å². The van der Waals surface area contributed by atoms with Crippen molar-refractivity contribution in [3.63, 3.8) is 0 Å². The summed E-state index contributed by atoms with van der Waals surface area (Å²) in [5.41, 5.74) is 2.76. The van der Waals surface area contributed by atoms with Crippen molar-refractivity contribution in [2.24, 2.45) is 0 Å². The van der Waals surface area contributed by atoms with Crippen LogP contribution >= 0.6 is 11.8 Å². The fraction of sp³-hybridized carbons (Fsp3) is 0.333. The first-order chi connectivity index (χ1) is 9.81. The zero-order chi connectivity index (χ0) is 14.2. The molecule has 1 atom stereocenters. The first kappa shape index (κ1) is 15.1. The van der Waals surface area contributed by atoms with E-state index in [-0.39, 0.29) is 0 Å². The van der Waals surface area contributed by atoms with Crippen LogP contribution in [-0.4, -0.2) is 24.6 Å². The topological polar surface area (TPSA) is 12.0 Å². The molecule has 1 N–H and O–H groups in total. The quantitative estimate of drug-likeness (QED) is 0.820. The Morgan fingerprint density at radius 2 is 1.35 bits per heavy atom. The van der Waals surface area contributed by atoms with Gasteiger partial charge < -0.3 is 5.32 Å². The van der Waals surface area contributed by atoms with E-state index < -0.39 is 0 Å². The molecule has 20 heavy (non-hydrogen) atoms. The molecular weight excluding hydrogens is 262 g/mol. The van der Waals surface area contributed by atoms with Gasteiger partial charge in [0.15, 0.2) is 0 Å². The molecule has 0 radical (unpaired) electrons. The monoisotopic (exact) mass is 285 g/mol. The van der Waals surface area contributed by atoms with Gasteiger partial charge in [0.2, 0.25) is 0 Å². The average molecular weight is 285 g/mol. The van der Waals surface area contributed by atoms with Crippen LogP contribution in [0.4, 0.5) is 0 Å². The van der Waals surface area contributed by atoms with Crippen molar-refractivity contribution in [2.75, 3.05) is 19.3 Å². The van der Waals surface area contributed by atoms with Gasteiger partial charge in [0, 0.05) is 24.3 Å². The fourth-order valence-electron chi connectivity index (χ4n) is 2.31. The van der Waals surface area contributed by atoms with E-state index in [4.69, 9.17) is 0 Å². The lowest BCUT2D eigenvalue weighted by atomic mass is 9.91. The van der Waals surface area contributed by atoms with E-state index >= 15 is 0 Å². The van der Waals surface area contributed by atoms with Crippen molar-refractivity contribution < 1.29 is 0 Å². The van der Waals surface area contributed by atoms with Gasteiger partial charge in [-0.15, -0.1) is 0 Å². The SMILES string of the molecule is CSC(C)CNCC(c1ccccc1)c1ccccc1. The molecule has 2 aromatic carbocycles. The van der Waals surface area contributed by atoms with Crippen LogP contribution in [0.25, 0.3) is 0 Å². The van der Waals surface area contributed by atoms with Crippen LogP contribution in [0.3, 0.4) is 0 Å². The van der Waals surface area contributed by atoms with Crippen molar-refractivity contribution in [3.8, 4) is 0 Å². The lowest BCUT2D eigenvalue weighted by molar-refractivity contribution is 0.634. The predicted molar refractivity (Wildman–Crippen MR) is 90.6 cm³/mol. The molecule has 0 aliphatic heterocycles. The minimum absolute atomic E-state index is 0.423. The van der Waals surface area contributed by atoms with Gasteiger partial charge in [0.05, 0.1) is 0 Å². The van der Waals surface area contributed by atoms with Crippen molar-refractivity contribution in [1.29, 1.82) is 0 Å². The van der Waals surface area contributed by atoms with Crippen LogP contribution in [0, 0.1) is 0 Å². The summed E-state index contributed by atoms with van der Waals surface area (Å²) in [6, 6.07) is 21.5. The number of hydrogen-bond acceptors (Lipinski definition) is 2. The Kier molecular flexibility index (Phi) is 6.16. The van der Waals surface area contributed by atoms with E-state index in [9.17, 15) is 0 Å². The summed E-state index contributed by atoms with van der Waals surface area (Å²) in [7, 11) is 0. The molecule has 2 aromatic rings. The molecule has 0 fully saturated rings. The van der Waals surface area contributed by atoms with Crippen LogP contribution in [-0.2, 0) is 0 Å². The van der Waals surface area contributed by atoms with E-state index in [1.807, 2.05) is 11.8 Å². The lowest BCUT2D eigenvalue weighted by Gasteiger charge is -2.20. The van der Waals surface area contributed by atoms with Gasteiger partial charge in [0.25, 0.3) is 0 Å². The summed E-state index contributed by atoms with van der Waals surface area (Å²) in [6.45, 7) is 4.30. The second-order valence-corrected chi connectivity index (χ2v) is 6.35. The van der Waals surface area contributed by atoms with E-state index in [1.54, 1.807) is 0 Å². The highest BCUT2D eigenvalue weighted by Gasteiger charge is 2.13. The zero-order valence-electron chi connectivity index (χ0n) is 12.3. The molecule has 106 valence electrons. The maximum atomic E-state index is 3.61. The lowest BCUT2D eigenvalue weighted by Crippen LogP contribution is -2.27. The van der Waals surface area contributed by atoms with Crippen molar-refractivity contribution in [3.05, 3.63) is 71.8 Å². The van der Waals surface area contributed by atoms with E-state index in [1.165, 1.54) is 11.1 Å². The molecule has 0 amide bonds. The third kappa shape index (κ3) is 4.39. The molecule has 1 nitrogen and oxygen atoms in total. The molecule has 0 saturated carbocycles. The number of hydrogen-bond donors (Lipinski definition) is 1. The Balaban J connectivity index is 2.09. The Bertz CT molecular complexity index is 444. The summed E-state index contributed by atoms with van der Waals surface area (Å²) >= 11 is 1.91. The standard InChI is InChI=1S/C18H23NS/c1-15(20-2)13-19-14-18(16-9-5-3-6-10-16)17-11-7-4-8-12-17/h3-12,15,18-19H,13-14H2,1-2H3. The largest absolute Gasteiger partial charge is 0.315 e. The van der Waals surface area contributed by atoms with Gasteiger partial charge in [-0.2, -0.15) is 11.8 Å². The third-order valence-electron chi connectivity index (χ3n) is 3.59. The first-order valence-electron chi connectivity index (χ1n) is 7.14. The van der Waals surface area contributed by atoms with Crippen molar-refractivity contribution >= 4 is 11.8 Å². The van der Waals surface area contributed by atoms with Gasteiger partial charge in [-0.05, 0) is 17.4 Å². The first-order valence-corrected chi connectivity index (χ1v) is 8.43. The molecule has 0 bridgehead atoms. The number of thioether (sulfide) groups is 1. The van der Waals surface area contributed by atoms with Gasteiger partial charge in [-0.1, -0.05) is 67.6 Å². The number of rotatable bonds is 7. The molecule has 0 heterocycles. The highest BCUT2D eigenvalue weighted by molar-refractivity contribution is 7.99. The molecule has 0 aliphatic carbocycles. The third-order valence-corrected chi connectivity index (χ3v) is 4.56. The molecule has 0 aromatic heterocycles. The van der Waals surface area contributed by atoms with Gasteiger partial charge >= 0.3 is 0 Å². The maximum absolute atomic E-state index is 3.61. The van der Waals surface area contributed by atoms with E-state index in [0.717, 1.165) is 13.1 Å². The normalized spacial score (nSPS) is 12.6. The molecule has 2 rings (SSSR count). The number of benzene rings is 2. The second kappa shape index (κ2) is 8.13. The van der Waals surface area contributed by atoms with Gasteiger partial charge in [-0.25, -0.2) is 0 Å².